The Hall–Kier alpha value is -2.05. The third-order valence-electron chi connectivity index (χ3n) is 3.52. The molecular formula is C15H17N5S. The maximum atomic E-state index is 4.39. The first-order valence-electron chi connectivity index (χ1n) is 6.78. The van der Waals surface area contributed by atoms with Crippen LogP contribution in [0.2, 0.25) is 0 Å². The predicted molar refractivity (Wildman–Crippen MR) is 83.8 cm³/mol. The Morgan fingerprint density at radius 1 is 1.33 bits per heavy atom. The van der Waals surface area contributed by atoms with Crippen molar-refractivity contribution in [2.24, 2.45) is 0 Å². The van der Waals surface area contributed by atoms with Crippen LogP contribution in [0, 0.1) is 0 Å². The maximum Gasteiger partial charge on any atom is 0.155 e. The number of nitrogens with one attached hydrogen (secondary N) is 1. The van der Waals surface area contributed by atoms with Crippen LogP contribution in [-0.4, -0.2) is 32.1 Å². The first-order chi connectivity index (χ1) is 10.2. The van der Waals surface area contributed by atoms with Crippen LogP contribution >= 0.6 is 11.3 Å². The molecule has 0 saturated heterocycles. The van der Waals surface area contributed by atoms with E-state index in [2.05, 4.69) is 57.2 Å². The molecule has 0 unspecified atom stereocenters. The summed E-state index contributed by atoms with van der Waals surface area (Å²) in [6.07, 6.45) is 3.38. The molecule has 0 amide bonds. The Morgan fingerprint density at radius 3 is 2.95 bits per heavy atom. The van der Waals surface area contributed by atoms with E-state index in [-0.39, 0.29) is 0 Å². The Bertz CT molecular complexity index is 678. The van der Waals surface area contributed by atoms with Gasteiger partial charge in [-0.1, -0.05) is 18.2 Å². The highest BCUT2D eigenvalue weighted by Crippen LogP contribution is 2.23. The molecule has 108 valence electrons. The lowest BCUT2D eigenvalue weighted by Crippen LogP contribution is -2.21. The second-order valence-electron chi connectivity index (χ2n) is 5.00. The zero-order valence-electron chi connectivity index (χ0n) is 12.0. The first-order valence-corrected chi connectivity index (χ1v) is 7.66. The molecule has 1 N–H and O–H groups in total. The van der Waals surface area contributed by atoms with Crippen LogP contribution in [0.15, 0.2) is 42.2 Å². The molecule has 3 aromatic rings. The number of rotatable bonds is 5. The van der Waals surface area contributed by atoms with E-state index >= 15 is 0 Å². The lowest BCUT2D eigenvalue weighted by Gasteiger charge is -2.23. The van der Waals surface area contributed by atoms with Crippen LogP contribution < -0.4 is 0 Å². The van der Waals surface area contributed by atoms with Crippen molar-refractivity contribution in [3.8, 4) is 11.4 Å². The van der Waals surface area contributed by atoms with Crippen molar-refractivity contribution >= 4 is 11.3 Å². The van der Waals surface area contributed by atoms with Gasteiger partial charge in [0.15, 0.2) is 5.82 Å². The number of benzene rings is 1. The SMILES string of the molecule is C[C@@H](c1nccs1)N(C)Cc1cccc(-c2ncn[nH]2)c1. The molecule has 0 fully saturated rings. The molecule has 6 heteroatoms. The van der Waals surface area contributed by atoms with Crippen LogP contribution in [0.25, 0.3) is 11.4 Å². The van der Waals surface area contributed by atoms with Crippen LogP contribution in [0.3, 0.4) is 0 Å². The molecule has 1 atom stereocenters. The van der Waals surface area contributed by atoms with Crippen molar-refractivity contribution in [1.82, 2.24) is 25.1 Å². The number of aromatic nitrogens is 4. The van der Waals surface area contributed by atoms with Gasteiger partial charge in [0.05, 0.1) is 6.04 Å². The van der Waals surface area contributed by atoms with Crippen LogP contribution in [0.4, 0.5) is 0 Å². The summed E-state index contributed by atoms with van der Waals surface area (Å²) in [4.78, 5) is 10.9. The number of thiazole rings is 1. The molecule has 0 saturated carbocycles. The second-order valence-corrected chi connectivity index (χ2v) is 5.92. The molecule has 0 aliphatic rings. The molecule has 5 nitrogen and oxygen atoms in total. The minimum Gasteiger partial charge on any atom is -0.293 e. The number of nitrogens with zero attached hydrogens (tertiary/aromatic N) is 4. The molecule has 0 radical (unpaired) electrons. The van der Waals surface area contributed by atoms with E-state index in [1.807, 2.05) is 17.6 Å². The zero-order valence-corrected chi connectivity index (χ0v) is 12.8. The van der Waals surface area contributed by atoms with Crippen LogP contribution in [0.1, 0.15) is 23.5 Å². The highest BCUT2D eigenvalue weighted by Gasteiger charge is 2.14. The lowest BCUT2D eigenvalue weighted by atomic mass is 10.1. The third kappa shape index (κ3) is 3.17. The Kier molecular flexibility index (Phi) is 4.08. The van der Waals surface area contributed by atoms with Crippen molar-refractivity contribution in [1.29, 1.82) is 0 Å². The zero-order chi connectivity index (χ0) is 14.7. The predicted octanol–water partition coefficient (Wildman–Crippen LogP) is 3.12. The summed E-state index contributed by atoms with van der Waals surface area (Å²) in [6.45, 7) is 3.04. The van der Waals surface area contributed by atoms with E-state index in [1.165, 1.54) is 11.9 Å². The van der Waals surface area contributed by atoms with Crippen molar-refractivity contribution in [2.45, 2.75) is 19.5 Å². The summed E-state index contributed by atoms with van der Waals surface area (Å²) in [5.41, 5.74) is 2.30. The highest BCUT2D eigenvalue weighted by atomic mass is 32.1. The van der Waals surface area contributed by atoms with E-state index in [1.54, 1.807) is 11.3 Å². The summed E-state index contributed by atoms with van der Waals surface area (Å²) in [5.74, 6) is 0.799. The fraction of sp³-hybridized carbons (Fsp3) is 0.267. The smallest absolute Gasteiger partial charge is 0.155 e. The summed E-state index contributed by atoms with van der Waals surface area (Å²) in [6, 6.07) is 8.67. The lowest BCUT2D eigenvalue weighted by molar-refractivity contribution is 0.252. The number of hydrogen-bond donors (Lipinski definition) is 1. The average molecular weight is 299 g/mol. The molecule has 0 bridgehead atoms. The van der Waals surface area contributed by atoms with Crippen molar-refractivity contribution in [3.63, 3.8) is 0 Å². The first kappa shape index (κ1) is 13.9. The van der Waals surface area contributed by atoms with Gasteiger partial charge in [-0.3, -0.25) is 10.00 Å². The van der Waals surface area contributed by atoms with Crippen LogP contribution in [-0.2, 0) is 6.54 Å². The Labute approximate surface area is 127 Å². The third-order valence-corrected chi connectivity index (χ3v) is 4.46. The number of aromatic amines is 1. The van der Waals surface area contributed by atoms with Gasteiger partial charge in [0.1, 0.15) is 11.3 Å². The fourth-order valence-electron chi connectivity index (χ4n) is 2.22. The summed E-state index contributed by atoms with van der Waals surface area (Å²) < 4.78 is 0. The fourth-order valence-corrected chi connectivity index (χ4v) is 2.98. The van der Waals surface area contributed by atoms with E-state index in [0.717, 1.165) is 22.9 Å². The average Bonchev–Trinajstić information content (AvgIpc) is 3.20. The van der Waals surface area contributed by atoms with E-state index in [9.17, 15) is 0 Å². The molecule has 0 aliphatic carbocycles. The molecule has 2 aromatic heterocycles. The standard InChI is InChI=1S/C15H17N5S/c1-11(15-16-6-7-21-15)20(2)9-12-4-3-5-13(8-12)14-17-10-18-19-14/h3-8,10-11H,9H2,1-2H3,(H,17,18,19)/t11-/m0/s1. The molecule has 1 aromatic carbocycles. The monoisotopic (exact) mass is 299 g/mol. The van der Waals surface area contributed by atoms with E-state index in [4.69, 9.17) is 0 Å². The highest BCUT2D eigenvalue weighted by molar-refractivity contribution is 7.09. The maximum absolute atomic E-state index is 4.39. The quantitative estimate of drug-likeness (QED) is 0.786. The second kappa shape index (κ2) is 6.15. The Morgan fingerprint density at radius 2 is 2.24 bits per heavy atom. The molecule has 21 heavy (non-hydrogen) atoms. The topological polar surface area (TPSA) is 57.7 Å². The van der Waals surface area contributed by atoms with Gasteiger partial charge in [-0.05, 0) is 25.6 Å². The van der Waals surface area contributed by atoms with Gasteiger partial charge in [0, 0.05) is 23.7 Å². The molecule has 2 heterocycles. The summed E-state index contributed by atoms with van der Waals surface area (Å²) in [5, 5.41) is 9.95. The normalized spacial score (nSPS) is 12.7. The minimum atomic E-state index is 0.305. The number of H-pyrrole nitrogens is 1. The van der Waals surface area contributed by atoms with E-state index in [0.29, 0.717) is 6.04 Å². The van der Waals surface area contributed by atoms with Gasteiger partial charge < -0.3 is 0 Å². The minimum absolute atomic E-state index is 0.305. The van der Waals surface area contributed by atoms with E-state index < -0.39 is 0 Å². The molecule has 3 rings (SSSR count). The van der Waals surface area contributed by atoms with Crippen molar-refractivity contribution in [2.75, 3.05) is 7.05 Å². The number of hydrogen-bond acceptors (Lipinski definition) is 5. The van der Waals surface area contributed by atoms with Gasteiger partial charge in [-0.15, -0.1) is 11.3 Å². The van der Waals surface area contributed by atoms with Crippen molar-refractivity contribution in [3.05, 3.63) is 52.7 Å². The van der Waals surface area contributed by atoms with Gasteiger partial charge in [-0.25, -0.2) is 9.97 Å². The molecule has 0 aliphatic heterocycles. The summed E-state index contributed by atoms with van der Waals surface area (Å²) >= 11 is 1.70. The van der Waals surface area contributed by atoms with Gasteiger partial charge >= 0.3 is 0 Å². The Balaban J connectivity index is 1.74. The summed E-state index contributed by atoms with van der Waals surface area (Å²) in [7, 11) is 2.12. The largest absolute Gasteiger partial charge is 0.293 e. The molecular weight excluding hydrogens is 282 g/mol. The van der Waals surface area contributed by atoms with Crippen molar-refractivity contribution < 1.29 is 0 Å². The van der Waals surface area contributed by atoms with Crippen LogP contribution in [0.5, 0.6) is 0 Å². The molecule has 0 spiro atoms. The van der Waals surface area contributed by atoms with Gasteiger partial charge in [-0.2, -0.15) is 5.10 Å². The van der Waals surface area contributed by atoms with Gasteiger partial charge in [0.2, 0.25) is 0 Å². The van der Waals surface area contributed by atoms with Gasteiger partial charge in [0.25, 0.3) is 0 Å².